The van der Waals surface area contributed by atoms with E-state index in [1.807, 2.05) is 19.1 Å². The van der Waals surface area contributed by atoms with Crippen LogP contribution in [0.2, 0.25) is 0 Å². The topological polar surface area (TPSA) is 84.7 Å². The van der Waals surface area contributed by atoms with Gasteiger partial charge in [0.25, 0.3) is 0 Å². The maximum atomic E-state index is 12.4. The van der Waals surface area contributed by atoms with Gasteiger partial charge < -0.3 is 15.4 Å². The van der Waals surface area contributed by atoms with Crippen molar-refractivity contribution in [2.24, 2.45) is 5.73 Å². The number of hydrogen-bond acceptors (Lipinski definition) is 5. The molecule has 118 valence electrons. The number of nitrogens with zero attached hydrogens (tertiary/aromatic N) is 1. The molecule has 6 nitrogen and oxygen atoms in total. The lowest BCUT2D eigenvalue weighted by molar-refractivity contribution is 0.0281. The Kier molecular flexibility index (Phi) is 5.21. The van der Waals surface area contributed by atoms with Crippen LogP contribution in [-0.4, -0.2) is 46.8 Å². The molecule has 0 aliphatic carbocycles. The van der Waals surface area contributed by atoms with Crippen molar-refractivity contribution < 1.29 is 13.2 Å². The first-order valence-corrected chi connectivity index (χ1v) is 8.65. The summed E-state index contributed by atoms with van der Waals surface area (Å²) in [4.78, 5) is 2.36. The highest BCUT2D eigenvalue weighted by molar-refractivity contribution is 7.89. The normalized spacial score (nSPS) is 23.3. The van der Waals surface area contributed by atoms with E-state index in [1.54, 1.807) is 19.1 Å². The molecule has 0 amide bonds. The second kappa shape index (κ2) is 6.74. The quantitative estimate of drug-likeness (QED) is 0.829. The third-order valence-corrected chi connectivity index (χ3v) is 5.16. The number of benzene rings is 1. The molecule has 21 heavy (non-hydrogen) atoms. The summed E-state index contributed by atoms with van der Waals surface area (Å²) in [5.74, 6) is 0. The first kappa shape index (κ1) is 16.2. The van der Waals surface area contributed by atoms with Gasteiger partial charge in [0.15, 0.2) is 0 Å². The third kappa shape index (κ3) is 3.55. The molecule has 2 unspecified atom stereocenters. The highest BCUT2D eigenvalue weighted by atomic mass is 32.2. The number of ether oxygens (including phenoxy) is 1. The van der Waals surface area contributed by atoms with Crippen molar-refractivity contribution in [3.63, 3.8) is 0 Å². The molecular formula is C14H23N3O3S. The van der Waals surface area contributed by atoms with Gasteiger partial charge in [-0.05, 0) is 19.1 Å². The van der Waals surface area contributed by atoms with Crippen LogP contribution in [0.25, 0.3) is 0 Å². The van der Waals surface area contributed by atoms with E-state index in [0.717, 1.165) is 0 Å². The summed E-state index contributed by atoms with van der Waals surface area (Å²) in [7, 11) is -3.50. The molecule has 7 heteroatoms. The summed E-state index contributed by atoms with van der Waals surface area (Å²) in [6, 6.07) is 7.15. The van der Waals surface area contributed by atoms with Crippen LogP contribution in [0, 0.1) is 0 Å². The van der Waals surface area contributed by atoms with Crippen LogP contribution in [0.15, 0.2) is 29.2 Å². The van der Waals surface area contributed by atoms with E-state index in [0.29, 0.717) is 36.8 Å². The zero-order valence-corrected chi connectivity index (χ0v) is 13.3. The Morgan fingerprint density at radius 2 is 2.14 bits per heavy atom. The van der Waals surface area contributed by atoms with Crippen molar-refractivity contribution in [3.8, 4) is 0 Å². The van der Waals surface area contributed by atoms with Crippen LogP contribution < -0.4 is 15.4 Å². The van der Waals surface area contributed by atoms with Gasteiger partial charge in [0.2, 0.25) is 10.0 Å². The van der Waals surface area contributed by atoms with Gasteiger partial charge in [0.1, 0.15) is 4.90 Å². The number of para-hydroxylation sites is 1. The number of anilines is 1. The number of nitrogens with one attached hydrogen (secondary N) is 1. The minimum absolute atomic E-state index is 0.0731. The number of rotatable bonds is 5. The lowest BCUT2D eigenvalue weighted by atomic mass is 10.1. The van der Waals surface area contributed by atoms with Gasteiger partial charge in [0, 0.05) is 25.7 Å². The van der Waals surface area contributed by atoms with E-state index in [2.05, 4.69) is 9.62 Å². The average Bonchev–Trinajstić information content (AvgIpc) is 2.48. The molecule has 0 saturated carbocycles. The molecule has 0 bridgehead atoms. The smallest absolute Gasteiger partial charge is 0.242 e. The van der Waals surface area contributed by atoms with Crippen molar-refractivity contribution in [3.05, 3.63) is 24.3 Å². The maximum Gasteiger partial charge on any atom is 0.242 e. The first-order chi connectivity index (χ1) is 9.99. The Bertz CT molecular complexity index is 577. The molecular weight excluding hydrogens is 290 g/mol. The minimum Gasteiger partial charge on any atom is -0.373 e. The molecule has 1 aliphatic rings. The van der Waals surface area contributed by atoms with Gasteiger partial charge in [-0.2, -0.15) is 0 Å². The van der Waals surface area contributed by atoms with Gasteiger partial charge >= 0.3 is 0 Å². The lowest BCUT2D eigenvalue weighted by Gasteiger charge is -2.40. The van der Waals surface area contributed by atoms with Gasteiger partial charge in [-0.25, -0.2) is 13.1 Å². The molecule has 1 fully saturated rings. The predicted molar refractivity (Wildman–Crippen MR) is 82.9 cm³/mol. The fraction of sp³-hybridized carbons (Fsp3) is 0.571. The summed E-state index contributed by atoms with van der Waals surface area (Å²) in [6.07, 6.45) is -0.0731. The number of hydrogen-bond donors (Lipinski definition) is 2. The number of morpholine rings is 1. The lowest BCUT2D eigenvalue weighted by Crippen LogP contribution is -2.51. The number of nitrogens with two attached hydrogens (primary N) is 1. The van der Waals surface area contributed by atoms with E-state index in [4.69, 9.17) is 10.5 Å². The van der Waals surface area contributed by atoms with Crippen LogP contribution >= 0.6 is 0 Å². The van der Waals surface area contributed by atoms with E-state index < -0.39 is 10.0 Å². The van der Waals surface area contributed by atoms with Crippen LogP contribution in [0.3, 0.4) is 0 Å². The van der Waals surface area contributed by atoms with Gasteiger partial charge in [0.05, 0.1) is 18.4 Å². The fourth-order valence-electron chi connectivity index (χ4n) is 2.49. The van der Waals surface area contributed by atoms with Crippen LogP contribution in [0.5, 0.6) is 0 Å². The molecule has 1 heterocycles. The molecule has 0 radical (unpaired) electrons. The molecule has 3 N–H and O–H groups in total. The average molecular weight is 313 g/mol. The fourth-order valence-corrected chi connectivity index (χ4v) is 3.74. The monoisotopic (exact) mass is 313 g/mol. The summed E-state index contributed by atoms with van der Waals surface area (Å²) in [5, 5.41) is 0. The van der Waals surface area contributed by atoms with E-state index in [-0.39, 0.29) is 12.1 Å². The number of sulfonamides is 1. The second-order valence-electron chi connectivity index (χ2n) is 5.16. The van der Waals surface area contributed by atoms with Crippen LogP contribution in [0.1, 0.15) is 13.8 Å². The zero-order valence-electron chi connectivity index (χ0n) is 12.5. The summed E-state index contributed by atoms with van der Waals surface area (Å²) < 4.78 is 32.9. The Labute approximate surface area is 126 Å². The molecule has 2 atom stereocenters. The SMILES string of the molecule is CCNS(=O)(=O)c1ccccc1N1CC(CN)OCC1C. The zero-order chi connectivity index (χ0) is 15.5. The van der Waals surface area contributed by atoms with Crippen molar-refractivity contribution in [1.29, 1.82) is 0 Å². The van der Waals surface area contributed by atoms with E-state index in [1.165, 1.54) is 0 Å². The predicted octanol–water partition coefficient (Wildman–Crippen LogP) is 0.537. The molecule has 1 saturated heterocycles. The molecule has 1 aromatic rings. The highest BCUT2D eigenvalue weighted by Crippen LogP contribution is 2.28. The summed E-state index contributed by atoms with van der Waals surface area (Å²) in [6.45, 7) is 5.70. The second-order valence-corrected chi connectivity index (χ2v) is 6.90. The highest BCUT2D eigenvalue weighted by Gasteiger charge is 2.29. The largest absolute Gasteiger partial charge is 0.373 e. The van der Waals surface area contributed by atoms with Crippen molar-refractivity contribution >= 4 is 15.7 Å². The van der Waals surface area contributed by atoms with Crippen molar-refractivity contribution in [1.82, 2.24) is 4.72 Å². The Hall–Kier alpha value is -1.15. The molecule has 0 spiro atoms. The molecule has 0 aromatic heterocycles. The minimum atomic E-state index is -3.50. The van der Waals surface area contributed by atoms with Gasteiger partial charge in [-0.15, -0.1) is 0 Å². The molecule has 1 aromatic carbocycles. The Morgan fingerprint density at radius 3 is 2.81 bits per heavy atom. The van der Waals surface area contributed by atoms with Crippen LogP contribution in [0.4, 0.5) is 5.69 Å². The van der Waals surface area contributed by atoms with Crippen molar-refractivity contribution in [2.75, 3.05) is 31.1 Å². The summed E-state index contributed by atoms with van der Waals surface area (Å²) in [5.41, 5.74) is 6.38. The third-order valence-electron chi connectivity index (χ3n) is 3.57. The van der Waals surface area contributed by atoms with Gasteiger partial charge in [-0.1, -0.05) is 19.1 Å². The van der Waals surface area contributed by atoms with E-state index in [9.17, 15) is 8.42 Å². The van der Waals surface area contributed by atoms with E-state index >= 15 is 0 Å². The molecule has 2 rings (SSSR count). The van der Waals surface area contributed by atoms with Crippen LogP contribution in [-0.2, 0) is 14.8 Å². The standard InChI is InChI=1S/C14H23N3O3S/c1-3-16-21(18,19)14-7-5-4-6-13(14)17-9-12(8-15)20-10-11(17)2/h4-7,11-12,16H,3,8-10,15H2,1-2H3. The van der Waals surface area contributed by atoms with Gasteiger partial charge in [-0.3, -0.25) is 0 Å². The summed E-state index contributed by atoms with van der Waals surface area (Å²) >= 11 is 0. The Morgan fingerprint density at radius 1 is 1.43 bits per heavy atom. The Balaban J connectivity index is 2.39. The van der Waals surface area contributed by atoms with Crippen molar-refractivity contribution in [2.45, 2.75) is 30.9 Å². The molecule has 1 aliphatic heterocycles. The first-order valence-electron chi connectivity index (χ1n) is 7.16. The maximum absolute atomic E-state index is 12.4.